The highest BCUT2D eigenvalue weighted by atomic mass is 19.1. The van der Waals surface area contributed by atoms with E-state index in [-0.39, 0.29) is 6.04 Å². The van der Waals surface area contributed by atoms with Gasteiger partial charge in [-0.2, -0.15) is 0 Å². The summed E-state index contributed by atoms with van der Waals surface area (Å²) in [6.07, 6.45) is 4.16. The standard InChI is InChI=1S/C16H18F2N2O/c1-3-4-20-16(11-5-13(17)8-14(18)6-11)12-7-15(21-2)10-19-9-12/h5-10,16,20H,3-4H2,1-2H3. The number of hydrogen-bond donors (Lipinski definition) is 1. The lowest BCUT2D eigenvalue weighted by atomic mass is 9.99. The zero-order chi connectivity index (χ0) is 15.2. The van der Waals surface area contributed by atoms with Gasteiger partial charge in [0.15, 0.2) is 0 Å². The molecule has 1 aromatic heterocycles. The molecule has 1 aromatic carbocycles. The lowest BCUT2D eigenvalue weighted by Crippen LogP contribution is -2.23. The SMILES string of the molecule is CCCNC(c1cc(F)cc(F)c1)c1cncc(OC)c1. The molecule has 0 bridgehead atoms. The first-order chi connectivity index (χ1) is 10.1. The van der Waals surface area contributed by atoms with E-state index in [4.69, 9.17) is 4.74 Å². The number of nitrogens with one attached hydrogen (secondary N) is 1. The summed E-state index contributed by atoms with van der Waals surface area (Å²) in [5.74, 6) is -0.582. The van der Waals surface area contributed by atoms with Gasteiger partial charge >= 0.3 is 0 Å². The van der Waals surface area contributed by atoms with Gasteiger partial charge < -0.3 is 10.1 Å². The zero-order valence-electron chi connectivity index (χ0n) is 12.1. The van der Waals surface area contributed by atoms with Crippen LogP contribution in [0, 0.1) is 11.6 Å². The van der Waals surface area contributed by atoms with Crippen molar-refractivity contribution in [2.24, 2.45) is 0 Å². The van der Waals surface area contributed by atoms with Crippen LogP contribution in [0.3, 0.4) is 0 Å². The van der Waals surface area contributed by atoms with E-state index in [9.17, 15) is 8.78 Å². The third-order valence-corrected chi connectivity index (χ3v) is 3.12. The molecule has 0 saturated carbocycles. The molecule has 0 spiro atoms. The van der Waals surface area contributed by atoms with Crippen molar-refractivity contribution < 1.29 is 13.5 Å². The van der Waals surface area contributed by atoms with Gasteiger partial charge in [-0.3, -0.25) is 4.98 Å². The first kappa shape index (κ1) is 15.4. The molecule has 1 heterocycles. The summed E-state index contributed by atoms with van der Waals surface area (Å²) in [6.45, 7) is 2.75. The summed E-state index contributed by atoms with van der Waals surface area (Å²) in [6, 6.07) is 5.00. The van der Waals surface area contributed by atoms with Crippen molar-refractivity contribution in [3.63, 3.8) is 0 Å². The first-order valence-corrected chi connectivity index (χ1v) is 6.82. The van der Waals surface area contributed by atoms with Gasteiger partial charge in [0, 0.05) is 12.3 Å². The van der Waals surface area contributed by atoms with E-state index in [1.54, 1.807) is 19.5 Å². The van der Waals surface area contributed by atoms with Crippen LogP contribution < -0.4 is 10.1 Å². The van der Waals surface area contributed by atoms with Crippen molar-refractivity contribution in [3.05, 3.63) is 59.4 Å². The third kappa shape index (κ3) is 3.98. The summed E-state index contributed by atoms with van der Waals surface area (Å²) >= 11 is 0. The molecular formula is C16H18F2N2O. The van der Waals surface area contributed by atoms with Gasteiger partial charge in [-0.1, -0.05) is 6.92 Å². The smallest absolute Gasteiger partial charge is 0.137 e. The number of nitrogens with zero attached hydrogens (tertiary/aromatic N) is 1. The maximum Gasteiger partial charge on any atom is 0.137 e. The van der Waals surface area contributed by atoms with E-state index in [0.29, 0.717) is 11.3 Å². The Morgan fingerprint density at radius 1 is 1.10 bits per heavy atom. The molecule has 2 aromatic rings. The molecule has 0 radical (unpaired) electrons. The van der Waals surface area contributed by atoms with E-state index in [2.05, 4.69) is 10.3 Å². The molecule has 0 aliphatic heterocycles. The Hall–Kier alpha value is -2.01. The molecule has 1 atom stereocenters. The van der Waals surface area contributed by atoms with Crippen LogP contribution in [0.15, 0.2) is 36.7 Å². The Labute approximate surface area is 123 Å². The topological polar surface area (TPSA) is 34.2 Å². The maximum absolute atomic E-state index is 13.5. The monoisotopic (exact) mass is 292 g/mol. The minimum Gasteiger partial charge on any atom is -0.495 e. The van der Waals surface area contributed by atoms with Crippen LogP contribution in [0.25, 0.3) is 0 Å². The Morgan fingerprint density at radius 2 is 1.81 bits per heavy atom. The molecule has 3 nitrogen and oxygen atoms in total. The number of aromatic nitrogens is 1. The zero-order valence-corrected chi connectivity index (χ0v) is 12.1. The lowest BCUT2D eigenvalue weighted by molar-refractivity contribution is 0.411. The van der Waals surface area contributed by atoms with Gasteiger partial charge in [-0.25, -0.2) is 8.78 Å². The number of ether oxygens (including phenoxy) is 1. The molecule has 0 saturated heterocycles. The number of methoxy groups -OCH3 is 1. The summed E-state index contributed by atoms with van der Waals surface area (Å²) in [4.78, 5) is 4.10. The highest BCUT2D eigenvalue weighted by Crippen LogP contribution is 2.25. The number of hydrogen-bond acceptors (Lipinski definition) is 3. The molecule has 0 aliphatic carbocycles. The van der Waals surface area contributed by atoms with Crippen LogP contribution in [0.4, 0.5) is 8.78 Å². The molecule has 1 unspecified atom stereocenters. The number of benzene rings is 1. The van der Waals surface area contributed by atoms with Crippen LogP contribution in [0.5, 0.6) is 5.75 Å². The van der Waals surface area contributed by atoms with Crippen molar-refractivity contribution in [1.82, 2.24) is 10.3 Å². The van der Waals surface area contributed by atoms with Crippen LogP contribution in [-0.2, 0) is 0 Å². The molecule has 2 rings (SSSR count). The second kappa shape index (κ2) is 7.13. The molecule has 0 aliphatic rings. The molecule has 1 N–H and O–H groups in total. The predicted octanol–water partition coefficient (Wildman–Crippen LogP) is 3.46. The van der Waals surface area contributed by atoms with E-state index >= 15 is 0 Å². The van der Waals surface area contributed by atoms with Gasteiger partial charge in [0.1, 0.15) is 17.4 Å². The van der Waals surface area contributed by atoms with Gasteiger partial charge in [0.05, 0.1) is 19.3 Å². The van der Waals surface area contributed by atoms with Crippen molar-refractivity contribution in [2.45, 2.75) is 19.4 Å². The first-order valence-electron chi connectivity index (χ1n) is 6.82. The molecular weight excluding hydrogens is 274 g/mol. The fraction of sp³-hybridized carbons (Fsp3) is 0.312. The number of rotatable bonds is 6. The quantitative estimate of drug-likeness (QED) is 0.885. The van der Waals surface area contributed by atoms with Crippen LogP contribution in [-0.4, -0.2) is 18.6 Å². The molecule has 5 heteroatoms. The predicted molar refractivity (Wildman–Crippen MR) is 77.3 cm³/mol. The van der Waals surface area contributed by atoms with Crippen molar-refractivity contribution in [2.75, 3.05) is 13.7 Å². The normalized spacial score (nSPS) is 12.2. The van der Waals surface area contributed by atoms with Crippen molar-refractivity contribution in [1.29, 1.82) is 0 Å². The Balaban J connectivity index is 2.41. The number of halogens is 2. The van der Waals surface area contributed by atoms with Gasteiger partial charge in [-0.15, -0.1) is 0 Å². The largest absolute Gasteiger partial charge is 0.495 e. The van der Waals surface area contributed by atoms with Crippen molar-refractivity contribution in [3.8, 4) is 5.75 Å². The Bertz CT molecular complexity index is 584. The van der Waals surface area contributed by atoms with Crippen molar-refractivity contribution >= 4 is 0 Å². The van der Waals surface area contributed by atoms with Gasteiger partial charge in [0.2, 0.25) is 0 Å². The maximum atomic E-state index is 13.5. The van der Waals surface area contributed by atoms with Crippen LogP contribution >= 0.6 is 0 Å². The minimum absolute atomic E-state index is 0.335. The fourth-order valence-corrected chi connectivity index (χ4v) is 2.16. The number of pyridine rings is 1. The average molecular weight is 292 g/mol. The van der Waals surface area contributed by atoms with E-state index in [1.807, 2.05) is 13.0 Å². The van der Waals surface area contributed by atoms with E-state index < -0.39 is 11.6 Å². The lowest BCUT2D eigenvalue weighted by Gasteiger charge is -2.20. The van der Waals surface area contributed by atoms with Crippen LogP contribution in [0.2, 0.25) is 0 Å². The van der Waals surface area contributed by atoms with Gasteiger partial charge in [-0.05, 0) is 42.3 Å². The second-order valence-corrected chi connectivity index (χ2v) is 4.75. The van der Waals surface area contributed by atoms with E-state index in [1.165, 1.54) is 12.1 Å². The van der Waals surface area contributed by atoms with Gasteiger partial charge in [0.25, 0.3) is 0 Å². The molecule has 21 heavy (non-hydrogen) atoms. The summed E-state index contributed by atoms with van der Waals surface area (Å²) in [7, 11) is 1.55. The Morgan fingerprint density at radius 3 is 2.43 bits per heavy atom. The second-order valence-electron chi connectivity index (χ2n) is 4.75. The summed E-state index contributed by atoms with van der Waals surface area (Å²) in [5.41, 5.74) is 1.32. The molecule has 0 fully saturated rings. The summed E-state index contributed by atoms with van der Waals surface area (Å²) < 4.78 is 32.1. The fourth-order valence-electron chi connectivity index (χ4n) is 2.16. The molecule has 0 amide bonds. The minimum atomic E-state index is -0.593. The van der Waals surface area contributed by atoms with E-state index in [0.717, 1.165) is 24.6 Å². The highest BCUT2D eigenvalue weighted by molar-refractivity contribution is 5.34. The third-order valence-electron chi connectivity index (χ3n) is 3.12. The Kier molecular flexibility index (Phi) is 5.22. The average Bonchev–Trinajstić information content (AvgIpc) is 2.47. The molecule has 112 valence electrons. The van der Waals surface area contributed by atoms with Crippen LogP contribution in [0.1, 0.15) is 30.5 Å². The summed E-state index contributed by atoms with van der Waals surface area (Å²) in [5, 5.41) is 3.28. The highest BCUT2D eigenvalue weighted by Gasteiger charge is 2.16.